The molecule has 1 saturated heterocycles. The van der Waals surface area contributed by atoms with E-state index in [2.05, 4.69) is 5.32 Å². The van der Waals surface area contributed by atoms with E-state index in [0.29, 0.717) is 13.0 Å². The average Bonchev–Trinajstić information content (AvgIpc) is 2.75. The number of methoxy groups -OCH3 is 1. The van der Waals surface area contributed by atoms with E-state index in [4.69, 9.17) is 4.74 Å². The predicted molar refractivity (Wildman–Crippen MR) is 96.2 cm³/mol. The van der Waals surface area contributed by atoms with Crippen LogP contribution in [-0.4, -0.2) is 83.2 Å². The van der Waals surface area contributed by atoms with Crippen molar-refractivity contribution in [2.75, 3.05) is 20.7 Å². The Hall–Kier alpha value is -1.48. The molecule has 1 heterocycles. The van der Waals surface area contributed by atoms with E-state index >= 15 is 0 Å². The van der Waals surface area contributed by atoms with Gasteiger partial charge in [0.25, 0.3) is 5.91 Å². The van der Waals surface area contributed by atoms with Gasteiger partial charge in [-0.3, -0.25) is 9.59 Å². The molecule has 0 aromatic carbocycles. The Morgan fingerprint density at radius 3 is 2.46 bits per heavy atom. The number of hydrogen-bond donors (Lipinski definition) is 4. The van der Waals surface area contributed by atoms with E-state index in [0.717, 1.165) is 12.8 Å². The number of likely N-dealkylation sites (tertiary alicyclic amines) is 1. The summed E-state index contributed by atoms with van der Waals surface area (Å²) in [5.41, 5.74) is 0. The molecule has 1 rings (SSSR count). The Labute approximate surface area is 154 Å². The molecule has 2 amide bonds. The summed E-state index contributed by atoms with van der Waals surface area (Å²) in [7, 11) is 2.90. The standard InChI is InChI=1S/C18H32N2O6/c1-11(2)8-9-13(21)14(22)15(23)16(26-4)17(24)19-12-7-5-6-10-20(3)18(12)25/h8-9,11-16,21-23H,5-7,10H2,1-4H3,(H,19,24)/b9-8+. The van der Waals surface area contributed by atoms with Gasteiger partial charge < -0.3 is 30.3 Å². The third-order valence-corrected chi connectivity index (χ3v) is 4.44. The number of rotatable bonds is 8. The van der Waals surface area contributed by atoms with Gasteiger partial charge in [-0.25, -0.2) is 0 Å². The second-order valence-electron chi connectivity index (χ2n) is 7.07. The van der Waals surface area contributed by atoms with Crippen molar-refractivity contribution in [3.05, 3.63) is 12.2 Å². The minimum absolute atomic E-state index is 0.161. The van der Waals surface area contributed by atoms with Gasteiger partial charge in [0, 0.05) is 20.7 Å². The molecule has 0 saturated carbocycles. The first kappa shape index (κ1) is 22.6. The monoisotopic (exact) mass is 372 g/mol. The third-order valence-electron chi connectivity index (χ3n) is 4.44. The lowest BCUT2D eigenvalue weighted by molar-refractivity contribution is -0.151. The Morgan fingerprint density at radius 2 is 1.88 bits per heavy atom. The van der Waals surface area contributed by atoms with Gasteiger partial charge in [-0.15, -0.1) is 0 Å². The van der Waals surface area contributed by atoms with E-state index in [9.17, 15) is 24.9 Å². The van der Waals surface area contributed by atoms with Gasteiger partial charge in [0.15, 0.2) is 6.10 Å². The summed E-state index contributed by atoms with van der Waals surface area (Å²) < 4.78 is 5.02. The molecule has 1 aliphatic heterocycles. The van der Waals surface area contributed by atoms with E-state index < -0.39 is 36.4 Å². The van der Waals surface area contributed by atoms with Gasteiger partial charge in [0.1, 0.15) is 24.4 Å². The molecule has 0 aromatic rings. The zero-order valence-corrected chi connectivity index (χ0v) is 16.0. The van der Waals surface area contributed by atoms with Crippen LogP contribution >= 0.6 is 0 Å². The van der Waals surface area contributed by atoms with Crippen molar-refractivity contribution in [3.8, 4) is 0 Å². The average molecular weight is 372 g/mol. The first-order chi connectivity index (χ1) is 12.2. The van der Waals surface area contributed by atoms with Crippen LogP contribution in [0.3, 0.4) is 0 Å². The lowest BCUT2D eigenvalue weighted by Crippen LogP contribution is -2.55. The quantitative estimate of drug-likeness (QED) is 0.424. The van der Waals surface area contributed by atoms with E-state index in [-0.39, 0.29) is 11.8 Å². The van der Waals surface area contributed by atoms with Crippen LogP contribution in [0, 0.1) is 5.92 Å². The Balaban J connectivity index is 2.76. The summed E-state index contributed by atoms with van der Waals surface area (Å²) in [6.45, 7) is 4.44. The molecule has 0 aromatic heterocycles. The number of aliphatic hydroxyl groups is 3. The highest BCUT2D eigenvalue weighted by molar-refractivity contribution is 5.89. The Kier molecular flexibility index (Phi) is 9.21. The molecule has 5 unspecified atom stereocenters. The molecule has 0 spiro atoms. The zero-order valence-electron chi connectivity index (χ0n) is 16.0. The molecule has 5 atom stereocenters. The predicted octanol–water partition coefficient (Wildman–Crippen LogP) is -0.577. The summed E-state index contributed by atoms with van der Waals surface area (Å²) in [5.74, 6) is -0.734. The van der Waals surface area contributed by atoms with E-state index in [1.54, 1.807) is 18.0 Å². The van der Waals surface area contributed by atoms with Crippen molar-refractivity contribution in [2.45, 2.75) is 63.6 Å². The van der Waals surface area contributed by atoms with Gasteiger partial charge in [-0.2, -0.15) is 0 Å². The topological polar surface area (TPSA) is 119 Å². The fourth-order valence-electron chi connectivity index (χ4n) is 2.82. The SMILES string of the molecule is COC(C(=O)NC1CCCCN(C)C1=O)C(O)C(O)C(O)/C=C/C(C)C. The number of aliphatic hydroxyl groups excluding tert-OH is 3. The summed E-state index contributed by atoms with van der Waals surface area (Å²) in [6.07, 6.45) is -0.796. The van der Waals surface area contributed by atoms with Crippen LogP contribution in [0.2, 0.25) is 0 Å². The molecule has 1 fully saturated rings. The summed E-state index contributed by atoms with van der Waals surface area (Å²) in [4.78, 5) is 26.3. The van der Waals surface area contributed by atoms with Crippen LogP contribution in [0.5, 0.6) is 0 Å². The number of allylic oxidation sites excluding steroid dienone is 1. The molecule has 1 aliphatic rings. The lowest BCUT2D eigenvalue weighted by Gasteiger charge is -2.28. The third kappa shape index (κ3) is 6.35. The molecular formula is C18H32N2O6. The molecule has 4 N–H and O–H groups in total. The van der Waals surface area contributed by atoms with Crippen molar-refractivity contribution in [1.29, 1.82) is 0 Å². The molecule has 150 valence electrons. The largest absolute Gasteiger partial charge is 0.387 e. The highest BCUT2D eigenvalue weighted by Gasteiger charge is 2.37. The summed E-state index contributed by atoms with van der Waals surface area (Å²) in [5, 5.41) is 32.9. The fraction of sp³-hybridized carbons (Fsp3) is 0.778. The van der Waals surface area contributed by atoms with E-state index in [1.807, 2.05) is 13.8 Å². The van der Waals surface area contributed by atoms with Crippen LogP contribution in [0.4, 0.5) is 0 Å². The Morgan fingerprint density at radius 1 is 1.23 bits per heavy atom. The number of nitrogens with zero attached hydrogens (tertiary/aromatic N) is 1. The molecular weight excluding hydrogens is 340 g/mol. The zero-order chi connectivity index (χ0) is 19.9. The van der Waals surface area contributed by atoms with E-state index in [1.165, 1.54) is 13.2 Å². The van der Waals surface area contributed by atoms with Crippen molar-refractivity contribution in [3.63, 3.8) is 0 Å². The Bertz CT molecular complexity index is 496. The lowest BCUT2D eigenvalue weighted by atomic mass is 10.0. The highest BCUT2D eigenvalue weighted by Crippen LogP contribution is 2.14. The van der Waals surface area contributed by atoms with Gasteiger partial charge in [-0.05, 0) is 25.2 Å². The normalized spacial score (nSPS) is 23.6. The van der Waals surface area contributed by atoms with Crippen molar-refractivity contribution < 1.29 is 29.6 Å². The van der Waals surface area contributed by atoms with Crippen molar-refractivity contribution in [1.82, 2.24) is 10.2 Å². The number of hydrogen-bond acceptors (Lipinski definition) is 6. The smallest absolute Gasteiger partial charge is 0.252 e. The minimum atomic E-state index is -1.65. The minimum Gasteiger partial charge on any atom is -0.387 e. The van der Waals surface area contributed by atoms with Gasteiger partial charge in [0.05, 0.1) is 0 Å². The van der Waals surface area contributed by atoms with Crippen LogP contribution in [-0.2, 0) is 14.3 Å². The van der Waals surface area contributed by atoms with Gasteiger partial charge in [0.2, 0.25) is 5.91 Å². The summed E-state index contributed by atoms with van der Waals surface area (Å²) >= 11 is 0. The fourth-order valence-corrected chi connectivity index (χ4v) is 2.82. The first-order valence-electron chi connectivity index (χ1n) is 8.99. The van der Waals surface area contributed by atoms with Crippen molar-refractivity contribution in [2.24, 2.45) is 5.92 Å². The van der Waals surface area contributed by atoms with Crippen LogP contribution in [0.1, 0.15) is 33.1 Å². The number of carbonyl (C=O) groups excluding carboxylic acids is 2. The van der Waals surface area contributed by atoms with Crippen LogP contribution < -0.4 is 5.32 Å². The maximum atomic E-state index is 12.5. The molecule has 8 heteroatoms. The van der Waals surface area contributed by atoms with Crippen LogP contribution in [0.25, 0.3) is 0 Å². The molecule has 0 aliphatic carbocycles. The molecule has 26 heavy (non-hydrogen) atoms. The highest BCUT2D eigenvalue weighted by atomic mass is 16.5. The number of nitrogens with one attached hydrogen (secondary N) is 1. The summed E-state index contributed by atoms with van der Waals surface area (Å²) in [6, 6.07) is -0.692. The number of ether oxygens (including phenoxy) is 1. The number of likely N-dealkylation sites (N-methyl/N-ethyl adjacent to an activating group) is 1. The van der Waals surface area contributed by atoms with Crippen LogP contribution in [0.15, 0.2) is 12.2 Å². The molecule has 8 nitrogen and oxygen atoms in total. The molecule has 0 radical (unpaired) electrons. The molecule has 0 bridgehead atoms. The first-order valence-corrected chi connectivity index (χ1v) is 8.99. The maximum absolute atomic E-state index is 12.5. The number of carbonyl (C=O) groups is 2. The van der Waals surface area contributed by atoms with Gasteiger partial charge in [-0.1, -0.05) is 26.0 Å². The number of amides is 2. The second-order valence-corrected chi connectivity index (χ2v) is 7.07. The maximum Gasteiger partial charge on any atom is 0.252 e. The van der Waals surface area contributed by atoms with Gasteiger partial charge >= 0.3 is 0 Å². The van der Waals surface area contributed by atoms with Crippen molar-refractivity contribution >= 4 is 11.8 Å². The second kappa shape index (κ2) is 10.6.